The molecular weight excluding hydrogens is 248 g/mol. The van der Waals surface area contributed by atoms with Crippen molar-refractivity contribution in [2.45, 2.75) is 39.5 Å². The molecule has 0 amide bonds. The van der Waals surface area contributed by atoms with E-state index in [0.29, 0.717) is 5.92 Å². The van der Waals surface area contributed by atoms with Gasteiger partial charge in [0.1, 0.15) is 5.82 Å². The summed E-state index contributed by atoms with van der Waals surface area (Å²) in [5.41, 5.74) is 2.58. The molecule has 1 aromatic heterocycles. The first kappa shape index (κ1) is 15.1. The first-order valence-corrected chi connectivity index (χ1v) is 7.63. The quantitative estimate of drug-likeness (QED) is 0.791. The lowest BCUT2D eigenvalue weighted by Crippen LogP contribution is -2.27. The minimum Gasteiger partial charge on any atom is -0.382 e. The van der Waals surface area contributed by atoms with Crippen LogP contribution >= 0.6 is 0 Å². The van der Waals surface area contributed by atoms with Crippen LogP contribution < -0.4 is 16.0 Å². The standard InChI is InChI=1S/C16H28N4/c1-16(2,3)11-19-14-6-5-13(20-15(14)17-4)12-7-9-18-10-8-12/h5-6,12,18-19H,7-11H2,1-4H3,(H,17,20). The van der Waals surface area contributed by atoms with Crippen molar-refractivity contribution in [3.05, 3.63) is 17.8 Å². The number of pyridine rings is 1. The molecule has 4 nitrogen and oxygen atoms in total. The summed E-state index contributed by atoms with van der Waals surface area (Å²) in [6.07, 6.45) is 2.37. The smallest absolute Gasteiger partial charge is 0.149 e. The highest BCUT2D eigenvalue weighted by atomic mass is 15.0. The summed E-state index contributed by atoms with van der Waals surface area (Å²) in [5, 5.41) is 10.1. The summed E-state index contributed by atoms with van der Waals surface area (Å²) in [6.45, 7) is 9.84. The van der Waals surface area contributed by atoms with Gasteiger partial charge in [0.05, 0.1) is 5.69 Å². The molecular formula is C16H28N4. The number of anilines is 2. The maximum absolute atomic E-state index is 4.81. The van der Waals surface area contributed by atoms with Crippen LogP contribution in [0.2, 0.25) is 0 Å². The number of rotatable bonds is 4. The first-order chi connectivity index (χ1) is 9.49. The predicted molar refractivity (Wildman–Crippen MR) is 86.6 cm³/mol. The van der Waals surface area contributed by atoms with Gasteiger partial charge in [-0.25, -0.2) is 4.98 Å². The topological polar surface area (TPSA) is 49.0 Å². The van der Waals surface area contributed by atoms with E-state index in [9.17, 15) is 0 Å². The summed E-state index contributed by atoms with van der Waals surface area (Å²) >= 11 is 0. The van der Waals surface area contributed by atoms with Gasteiger partial charge in [-0.1, -0.05) is 20.8 Å². The van der Waals surface area contributed by atoms with Crippen molar-refractivity contribution in [2.24, 2.45) is 5.41 Å². The lowest BCUT2D eigenvalue weighted by Gasteiger charge is -2.24. The van der Waals surface area contributed by atoms with E-state index >= 15 is 0 Å². The molecule has 3 N–H and O–H groups in total. The largest absolute Gasteiger partial charge is 0.382 e. The molecule has 0 radical (unpaired) electrons. The maximum atomic E-state index is 4.81. The highest BCUT2D eigenvalue weighted by Crippen LogP contribution is 2.28. The lowest BCUT2D eigenvalue weighted by molar-refractivity contribution is 0.443. The Hall–Kier alpha value is -1.29. The average Bonchev–Trinajstić information content (AvgIpc) is 2.45. The van der Waals surface area contributed by atoms with Crippen LogP contribution in [0.25, 0.3) is 0 Å². The number of nitrogens with zero attached hydrogens (tertiary/aromatic N) is 1. The van der Waals surface area contributed by atoms with Crippen LogP contribution in [0.15, 0.2) is 12.1 Å². The van der Waals surface area contributed by atoms with Gasteiger partial charge in [0.2, 0.25) is 0 Å². The molecule has 1 saturated heterocycles. The molecule has 0 unspecified atom stereocenters. The summed E-state index contributed by atoms with van der Waals surface area (Å²) in [7, 11) is 1.94. The van der Waals surface area contributed by atoms with Crippen LogP contribution in [0, 0.1) is 5.41 Å². The Kier molecular flexibility index (Phi) is 4.86. The summed E-state index contributed by atoms with van der Waals surface area (Å²) < 4.78 is 0. The number of aromatic nitrogens is 1. The molecule has 4 heteroatoms. The molecule has 1 aromatic rings. The second-order valence-corrected chi connectivity index (χ2v) is 6.82. The van der Waals surface area contributed by atoms with Gasteiger partial charge in [-0.3, -0.25) is 0 Å². The van der Waals surface area contributed by atoms with Crippen molar-refractivity contribution in [3.63, 3.8) is 0 Å². The number of nitrogens with one attached hydrogen (secondary N) is 3. The van der Waals surface area contributed by atoms with Crippen molar-refractivity contribution in [1.82, 2.24) is 10.3 Å². The SMILES string of the molecule is CNc1nc(C2CCNCC2)ccc1NCC(C)(C)C. The second kappa shape index (κ2) is 6.44. The summed E-state index contributed by atoms with van der Waals surface area (Å²) in [5.74, 6) is 1.56. The number of hydrogen-bond donors (Lipinski definition) is 3. The Bertz CT molecular complexity index is 431. The van der Waals surface area contributed by atoms with Gasteiger partial charge in [0, 0.05) is 25.2 Å². The molecule has 20 heavy (non-hydrogen) atoms. The van der Waals surface area contributed by atoms with Crippen LogP contribution in [0.3, 0.4) is 0 Å². The van der Waals surface area contributed by atoms with Gasteiger partial charge in [-0.2, -0.15) is 0 Å². The lowest BCUT2D eigenvalue weighted by atomic mass is 9.94. The molecule has 2 heterocycles. The second-order valence-electron chi connectivity index (χ2n) is 6.82. The average molecular weight is 276 g/mol. The summed E-state index contributed by atoms with van der Waals surface area (Å²) in [6, 6.07) is 4.35. The Morgan fingerprint density at radius 1 is 1.25 bits per heavy atom. The number of hydrogen-bond acceptors (Lipinski definition) is 4. The molecule has 0 aromatic carbocycles. The van der Waals surface area contributed by atoms with Crippen molar-refractivity contribution in [2.75, 3.05) is 37.3 Å². The van der Waals surface area contributed by atoms with E-state index in [0.717, 1.165) is 31.1 Å². The number of piperidine rings is 1. The fraction of sp³-hybridized carbons (Fsp3) is 0.688. The Balaban J connectivity index is 2.10. The van der Waals surface area contributed by atoms with Crippen molar-refractivity contribution >= 4 is 11.5 Å². The van der Waals surface area contributed by atoms with Gasteiger partial charge < -0.3 is 16.0 Å². The molecule has 0 aliphatic carbocycles. The monoisotopic (exact) mass is 276 g/mol. The van der Waals surface area contributed by atoms with Crippen molar-refractivity contribution in [1.29, 1.82) is 0 Å². The molecule has 1 fully saturated rings. The van der Waals surface area contributed by atoms with E-state index in [-0.39, 0.29) is 5.41 Å². The third kappa shape index (κ3) is 4.10. The fourth-order valence-electron chi connectivity index (χ4n) is 2.51. The van der Waals surface area contributed by atoms with E-state index in [1.54, 1.807) is 0 Å². The van der Waals surface area contributed by atoms with E-state index in [1.165, 1.54) is 18.5 Å². The normalized spacial score (nSPS) is 17.0. The van der Waals surface area contributed by atoms with Gasteiger partial charge in [0.25, 0.3) is 0 Å². The molecule has 0 saturated carbocycles. The van der Waals surface area contributed by atoms with E-state index in [2.05, 4.69) is 48.9 Å². The Morgan fingerprint density at radius 3 is 2.55 bits per heavy atom. The van der Waals surface area contributed by atoms with Gasteiger partial charge in [-0.15, -0.1) is 0 Å². The van der Waals surface area contributed by atoms with E-state index < -0.39 is 0 Å². The minimum absolute atomic E-state index is 0.263. The summed E-state index contributed by atoms with van der Waals surface area (Å²) in [4.78, 5) is 4.81. The molecule has 0 bridgehead atoms. The Labute approximate surface area is 122 Å². The Morgan fingerprint density at radius 2 is 1.95 bits per heavy atom. The molecule has 0 spiro atoms. The maximum Gasteiger partial charge on any atom is 0.149 e. The molecule has 2 rings (SSSR count). The van der Waals surface area contributed by atoms with Gasteiger partial charge in [-0.05, 0) is 43.5 Å². The van der Waals surface area contributed by atoms with Crippen molar-refractivity contribution < 1.29 is 0 Å². The molecule has 1 aliphatic heterocycles. The molecule has 1 aliphatic rings. The van der Waals surface area contributed by atoms with Crippen LogP contribution in [-0.2, 0) is 0 Å². The molecule has 0 atom stereocenters. The van der Waals surface area contributed by atoms with Crippen LogP contribution in [-0.4, -0.2) is 31.7 Å². The highest BCUT2D eigenvalue weighted by Gasteiger charge is 2.18. The first-order valence-electron chi connectivity index (χ1n) is 7.63. The zero-order valence-electron chi connectivity index (χ0n) is 13.2. The fourth-order valence-corrected chi connectivity index (χ4v) is 2.51. The van der Waals surface area contributed by atoms with E-state index in [1.807, 2.05) is 7.05 Å². The minimum atomic E-state index is 0.263. The molecule has 112 valence electrons. The van der Waals surface area contributed by atoms with Crippen LogP contribution in [0.1, 0.15) is 45.2 Å². The van der Waals surface area contributed by atoms with Gasteiger partial charge >= 0.3 is 0 Å². The zero-order valence-corrected chi connectivity index (χ0v) is 13.2. The van der Waals surface area contributed by atoms with Crippen molar-refractivity contribution in [3.8, 4) is 0 Å². The predicted octanol–water partition coefficient (Wildman–Crippen LogP) is 3.05. The van der Waals surface area contributed by atoms with Crippen LogP contribution in [0.5, 0.6) is 0 Å². The van der Waals surface area contributed by atoms with Gasteiger partial charge in [0.15, 0.2) is 0 Å². The zero-order chi connectivity index (χ0) is 14.6. The highest BCUT2D eigenvalue weighted by molar-refractivity contribution is 5.64. The third-order valence-corrected chi connectivity index (χ3v) is 3.72. The third-order valence-electron chi connectivity index (χ3n) is 3.72. The van der Waals surface area contributed by atoms with Crippen LogP contribution in [0.4, 0.5) is 11.5 Å². The van der Waals surface area contributed by atoms with E-state index in [4.69, 9.17) is 4.98 Å².